The first kappa shape index (κ1) is 37.0. The lowest BCUT2D eigenvalue weighted by Crippen LogP contribution is -2.61. The highest BCUT2D eigenvalue weighted by Crippen LogP contribution is 2.33. The predicted octanol–water partition coefficient (Wildman–Crippen LogP) is 3.61. The third-order valence-corrected chi connectivity index (χ3v) is 10.0. The summed E-state index contributed by atoms with van der Waals surface area (Å²) in [6, 6.07) is 12.6. The molecule has 1 saturated heterocycles. The quantitative estimate of drug-likeness (QED) is 0.182. The van der Waals surface area contributed by atoms with Crippen LogP contribution in [-0.4, -0.2) is 100 Å². The molecule has 0 aliphatic carbocycles. The van der Waals surface area contributed by atoms with Gasteiger partial charge in [0.2, 0.25) is 12.7 Å². The number of aliphatic carboxylic acids is 1. The molecule has 3 aromatic rings. The number of β-amino-alcohol motifs (C(OH)–C–C–N with tert-alkyl or cyclic N) is 1. The normalized spacial score (nSPS) is 18.1. The first-order chi connectivity index (χ1) is 24.0. The van der Waals surface area contributed by atoms with E-state index in [1.165, 1.54) is 11.3 Å². The van der Waals surface area contributed by atoms with Crippen molar-refractivity contribution < 1.29 is 38.8 Å². The Bertz CT molecular complexity index is 1600. The fraction of sp³-hybridized carbons (Fsp3) is 0.500. The van der Waals surface area contributed by atoms with Crippen molar-refractivity contribution >= 4 is 29.3 Å². The van der Waals surface area contributed by atoms with Crippen molar-refractivity contribution in [2.75, 3.05) is 33.0 Å². The highest BCUT2D eigenvalue weighted by Gasteiger charge is 2.36. The van der Waals surface area contributed by atoms with E-state index in [1.807, 2.05) is 81.6 Å². The average Bonchev–Trinajstić information content (AvgIpc) is 3.77. The van der Waals surface area contributed by atoms with Crippen LogP contribution in [0.15, 0.2) is 53.9 Å². The summed E-state index contributed by atoms with van der Waals surface area (Å²) in [4.78, 5) is 47.2. The number of alkyl carbamates (subject to hydrolysis) is 1. The number of rotatable bonds is 15. The van der Waals surface area contributed by atoms with Gasteiger partial charge in [0.25, 0.3) is 0 Å². The minimum atomic E-state index is -1.11. The third-order valence-electron chi connectivity index (χ3n) is 8.85. The summed E-state index contributed by atoms with van der Waals surface area (Å²) in [7, 11) is 0. The summed E-state index contributed by atoms with van der Waals surface area (Å²) >= 11 is 1.50. The molecule has 1 fully saturated rings. The van der Waals surface area contributed by atoms with E-state index >= 15 is 0 Å². The first-order valence-electron chi connectivity index (χ1n) is 16.9. The van der Waals surface area contributed by atoms with Crippen LogP contribution >= 0.6 is 11.3 Å². The number of benzene rings is 2. The van der Waals surface area contributed by atoms with Crippen LogP contribution in [-0.2, 0) is 33.9 Å². The summed E-state index contributed by atoms with van der Waals surface area (Å²) < 4.78 is 16.3. The number of fused-ring (bicyclic) bond motifs is 1. The minimum Gasteiger partial charge on any atom is -0.480 e. The Morgan fingerprint density at radius 2 is 1.78 bits per heavy atom. The second kappa shape index (κ2) is 17.1. The molecule has 270 valence electrons. The molecule has 4 atom stereocenters. The van der Waals surface area contributed by atoms with Gasteiger partial charge in [-0.2, -0.15) is 0 Å². The number of nitrogens with one attached hydrogen (secondary N) is 2. The van der Waals surface area contributed by atoms with E-state index in [2.05, 4.69) is 20.5 Å². The topological polar surface area (TPSA) is 163 Å². The van der Waals surface area contributed by atoms with E-state index in [0.29, 0.717) is 43.2 Å². The summed E-state index contributed by atoms with van der Waals surface area (Å²) in [5.41, 5.74) is 2.51. The number of carbonyl (C=O) groups excluding carboxylic acids is 2. The highest BCUT2D eigenvalue weighted by atomic mass is 32.1. The highest BCUT2D eigenvalue weighted by molar-refractivity contribution is 7.09. The lowest BCUT2D eigenvalue weighted by molar-refractivity contribution is -0.147. The predicted molar refractivity (Wildman–Crippen MR) is 187 cm³/mol. The van der Waals surface area contributed by atoms with Crippen molar-refractivity contribution in [3.63, 3.8) is 0 Å². The number of aliphatic hydroxyl groups is 1. The van der Waals surface area contributed by atoms with E-state index < -0.39 is 42.2 Å². The van der Waals surface area contributed by atoms with Crippen molar-refractivity contribution in [1.82, 2.24) is 25.4 Å². The van der Waals surface area contributed by atoms with Gasteiger partial charge in [-0.3, -0.25) is 19.4 Å². The number of carboxylic acid groups (broad SMARTS) is 1. The van der Waals surface area contributed by atoms with Gasteiger partial charge in [0.05, 0.1) is 22.8 Å². The van der Waals surface area contributed by atoms with Crippen LogP contribution in [0.25, 0.3) is 0 Å². The van der Waals surface area contributed by atoms with Gasteiger partial charge < -0.3 is 35.1 Å². The van der Waals surface area contributed by atoms with Crippen LogP contribution in [0.2, 0.25) is 0 Å². The molecule has 0 bridgehead atoms. The third kappa shape index (κ3) is 9.93. The molecule has 0 spiro atoms. The number of hydrogen-bond donors (Lipinski definition) is 4. The number of amides is 2. The standard InChI is InChI=1S/C36H47N5O8S/c1-22(2)32(39-36(46)47-19-26-20-50-34(37-26)23(3)4)33(43)38-27(14-24-8-6-5-7-9-24)29(42)18-41-13-12-40(17-28(41)35(44)45)16-25-10-11-30-31(15-25)49-21-48-30/h5-11,15,20,22-23,27-29,32,42H,12-14,16-19,21H2,1-4H3,(H,38,43)(H,39,46)(H,44,45)/t27-,28-,29+,32-/m0/s1. The molecule has 5 rings (SSSR count). The van der Waals surface area contributed by atoms with Gasteiger partial charge >= 0.3 is 12.1 Å². The Labute approximate surface area is 296 Å². The zero-order valence-corrected chi connectivity index (χ0v) is 29.7. The number of thiazole rings is 1. The molecule has 13 nitrogen and oxygen atoms in total. The Kier molecular flexibility index (Phi) is 12.7. The Morgan fingerprint density at radius 1 is 1.02 bits per heavy atom. The average molecular weight is 710 g/mol. The minimum absolute atomic E-state index is 0.0223. The van der Waals surface area contributed by atoms with Gasteiger partial charge in [0.1, 0.15) is 18.7 Å². The molecule has 3 heterocycles. The second-order valence-corrected chi connectivity index (χ2v) is 14.3. The van der Waals surface area contributed by atoms with Crippen LogP contribution < -0.4 is 20.1 Å². The number of nitrogens with zero attached hydrogens (tertiary/aromatic N) is 3. The van der Waals surface area contributed by atoms with Gasteiger partial charge in [-0.25, -0.2) is 9.78 Å². The molecular weight excluding hydrogens is 662 g/mol. The van der Waals surface area contributed by atoms with Gasteiger partial charge in [-0.1, -0.05) is 64.1 Å². The Balaban J connectivity index is 1.22. The molecule has 50 heavy (non-hydrogen) atoms. The molecule has 1 aromatic heterocycles. The lowest BCUT2D eigenvalue weighted by atomic mass is 9.97. The molecule has 2 aromatic carbocycles. The number of hydrogen-bond acceptors (Lipinski definition) is 11. The monoisotopic (exact) mass is 709 g/mol. The molecule has 0 radical (unpaired) electrons. The van der Waals surface area contributed by atoms with Crippen LogP contribution in [0, 0.1) is 5.92 Å². The summed E-state index contributed by atoms with van der Waals surface area (Å²) in [5, 5.41) is 30.2. The largest absolute Gasteiger partial charge is 0.480 e. The van der Waals surface area contributed by atoms with E-state index in [1.54, 1.807) is 4.90 Å². The van der Waals surface area contributed by atoms with E-state index in [0.717, 1.165) is 16.1 Å². The molecule has 14 heteroatoms. The van der Waals surface area contributed by atoms with Crippen LogP contribution in [0.1, 0.15) is 55.4 Å². The molecule has 0 saturated carbocycles. The van der Waals surface area contributed by atoms with Gasteiger partial charge in [-0.05, 0) is 35.6 Å². The molecule has 2 aliphatic heterocycles. The Hall–Kier alpha value is -4.24. The SMILES string of the molecule is CC(C)c1nc(COC(=O)N[C@H](C(=O)N[C@@H](Cc2ccccc2)[C@H](O)CN2CCN(Cc3ccc4c(c3)OCO4)C[C@H]2C(=O)O)C(C)C)cs1. The van der Waals surface area contributed by atoms with Crippen LogP contribution in [0.3, 0.4) is 0 Å². The number of piperazine rings is 1. The van der Waals surface area contributed by atoms with Crippen molar-refractivity contribution in [2.24, 2.45) is 5.92 Å². The number of carboxylic acids is 1. The van der Waals surface area contributed by atoms with Gasteiger partial charge in [0.15, 0.2) is 11.5 Å². The second-order valence-electron chi connectivity index (χ2n) is 13.4. The van der Waals surface area contributed by atoms with Gasteiger partial charge in [0, 0.05) is 44.0 Å². The summed E-state index contributed by atoms with van der Waals surface area (Å²) in [6.07, 6.45) is -1.56. The maximum absolute atomic E-state index is 13.7. The first-order valence-corrected chi connectivity index (χ1v) is 17.8. The van der Waals surface area contributed by atoms with E-state index in [9.17, 15) is 24.6 Å². The maximum Gasteiger partial charge on any atom is 0.408 e. The summed E-state index contributed by atoms with van der Waals surface area (Å²) in [6.45, 7) is 9.67. The van der Waals surface area contributed by atoms with Gasteiger partial charge in [-0.15, -0.1) is 11.3 Å². The molecular formula is C36H47N5O8S. The van der Waals surface area contributed by atoms with Crippen molar-refractivity contribution in [1.29, 1.82) is 0 Å². The van der Waals surface area contributed by atoms with E-state index in [-0.39, 0.29) is 38.3 Å². The zero-order chi connectivity index (χ0) is 35.8. The molecule has 0 unspecified atom stereocenters. The lowest BCUT2D eigenvalue weighted by Gasteiger charge is -2.41. The molecule has 4 N–H and O–H groups in total. The van der Waals surface area contributed by atoms with Crippen LogP contribution in [0.4, 0.5) is 4.79 Å². The van der Waals surface area contributed by atoms with Crippen molar-refractivity contribution in [3.05, 3.63) is 75.7 Å². The number of aromatic nitrogens is 1. The molecule has 2 aliphatic rings. The fourth-order valence-corrected chi connectivity index (χ4v) is 6.88. The fourth-order valence-electron chi connectivity index (χ4n) is 6.06. The Morgan fingerprint density at radius 3 is 2.48 bits per heavy atom. The van der Waals surface area contributed by atoms with Crippen molar-refractivity contribution in [3.8, 4) is 11.5 Å². The maximum atomic E-state index is 13.7. The smallest absolute Gasteiger partial charge is 0.408 e. The number of ether oxygens (including phenoxy) is 3. The summed E-state index contributed by atoms with van der Waals surface area (Å²) in [5.74, 6) is -0.128. The zero-order valence-electron chi connectivity index (χ0n) is 28.9. The number of aliphatic hydroxyl groups excluding tert-OH is 1. The van der Waals surface area contributed by atoms with Crippen LogP contribution in [0.5, 0.6) is 11.5 Å². The van der Waals surface area contributed by atoms with Crippen molar-refractivity contribution in [2.45, 2.75) is 77.4 Å². The number of carbonyl (C=O) groups is 3. The molecule has 2 amide bonds. The van der Waals surface area contributed by atoms with E-state index in [4.69, 9.17) is 14.2 Å².